The summed E-state index contributed by atoms with van der Waals surface area (Å²) in [5.74, 6) is 0.867. The number of piperazine rings is 1. The van der Waals surface area contributed by atoms with Crippen LogP contribution in [0.1, 0.15) is 19.5 Å². The topological polar surface area (TPSA) is 56.0 Å². The van der Waals surface area contributed by atoms with Crippen molar-refractivity contribution in [3.8, 4) is 6.07 Å². The van der Waals surface area contributed by atoms with Gasteiger partial charge in [-0.15, -0.1) is 0 Å². The van der Waals surface area contributed by atoms with E-state index in [1.54, 1.807) is 6.20 Å². The van der Waals surface area contributed by atoms with E-state index in [1.807, 2.05) is 6.07 Å². The molecule has 0 amide bonds. The second-order valence-corrected chi connectivity index (χ2v) is 4.30. The number of aromatic nitrogens is 2. The maximum atomic E-state index is 8.67. The minimum absolute atomic E-state index is 0.369. The van der Waals surface area contributed by atoms with Gasteiger partial charge < -0.3 is 4.90 Å². The molecule has 2 heterocycles. The van der Waals surface area contributed by atoms with Gasteiger partial charge in [0.15, 0.2) is 5.69 Å². The summed E-state index contributed by atoms with van der Waals surface area (Å²) in [6.45, 7) is 8.50. The molecule has 0 spiro atoms. The van der Waals surface area contributed by atoms with Crippen molar-refractivity contribution in [2.24, 2.45) is 0 Å². The Hall–Kier alpha value is -1.67. The fourth-order valence-corrected chi connectivity index (χ4v) is 2.22. The molecule has 0 N–H and O–H groups in total. The summed E-state index contributed by atoms with van der Waals surface area (Å²) in [6.07, 6.45) is 3.22. The first-order valence-corrected chi connectivity index (χ1v) is 5.95. The van der Waals surface area contributed by atoms with Crippen LogP contribution < -0.4 is 4.90 Å². The first kappa shape index (κ1) is 11.8. The molecule has 17 heavy (non-hydrogen) atoms. The Kier molecular flexibility index (Phi) is 3.55. The lowest BCUT2D eigenvalue weighted by atomic mass is 10.2. The third kappa shape index (κ3) is 2.53. The van der Waals surface area contributed by atoms with Gasteiger partial charge in [-0.05, 0) is 13.5 Å². The van der Waals surface area contributed by atoms with Crippen molar-refractivity contribution in [1.82, 2.24) is 14.9 Å². The molecule has 1 saturated heterocycles. The van der Waals surface area contributed by atoms with Crippen LogP contribution in [0.3, 0.4) is 0 Å². The molecule has 1 unspecified atom stereocenters. The van der Waals surface area contributed by atoms with E-state index in [-0.39, 0.29) is 0 Å². The summed E-state index contributed by atoms with van der Waals surface area (Å²) < 4.78 is 0. The molecule has 1 aromatic rings. The zero-order valence-electron chi connectivity index (χ0n) is 10.3. The lowest BCUT2D eigenvalue weighted by Gasteiger charge is -2.39. The van der Waals surface area contributed by atoms with E-state index in [2.05, 4.69) is 33.6 Å². The van der Waals surface area contributed by atoms with E-state index >= 15 is 0 Å². The van der Waals surface area contributed by atoms with Gasteiger partial charge in [-0.1, -0.05) is 6.92 Å². The number of anilines is 1. The molecule has 1 aliphatic heterocycles. The van der Waals surface area contributed by atoms with E-state index in [0.717, 1.165) is 32.0 Å². The summed E-state index contributed by atoms with van der Waals surface area (Å²) >= 11 is 0. The van der Waals surface area contributed by atoms with E-state index < -0.39 is 0 Å². The van der Waals surface area contributed by atoms with Gasteiger partial charge in [-0.2, -0.15) is 5.26 Å². The summed E-state index contributed by atoms with van der Waals surface area (Å²) in [4.78, 5) is 13.0. The van der Waals surface area contributed by atoms with Gasteiger partial charge in [0.05, 0.1) is 12.4 Å². The van der Waals surface area contributed by atoms with E-state index in [9.17, 15) is 0 Å². The van der Waals surface area contributed by atoms with Crippen LogP contribution in [0.5, 0.6) is 0 Å². The molecule has 1 aromatic heterocycles. The maximum Gasteiger partial charge on any atom is 0.158 e. The van der Waals surface area contributed by atoms with Gasteiger partial charge >= 0.3 is 0 Å². The Morgan fingerprint density at radius 1 is 1.41 bits per heavy atom. The summed E-state index contributed by atoms with van der Waals surface area (Å²) in [5.41, 5.74) is 0.369. The number of nitriles is 1. The minimum atomic E-state index is 0.369. The summed E-state index contributed by atoms with van der Waals surface area (Å²) in [5, 5.41) is 8.67. The zero-order chi connectivity index (χ0) is 12.3. The van der Waals surface area contributed by atoms with Crippen molar-refractivity contribution in [2.45, 2.75) is 19.9 Å². The zero-order valence-corrected chi connectivity index (χ0v) is 10.3. The first-order chi connectivity index (χ1) is 8.24. The average Bonchev–Trinajstić information content (AvgIpc) is 2.39. The second kappa shape index (κ2) is 5.11. The van der Waals surface area contributed by atoms with E-state index in [4.69, 9.17) is 5.26 Å². The number of likely N-dealkylation sites (N-methyl/N-ethyl adjacent to an activating group) is 1. The monoisotopic (exact) mass is 231 g/mol. The van der Waals surface area contributed by atoms with Crippen LogP contribution in [-0.4, -0.2) is 47.1 Å². The predicted octanol–water partition coefficient (Wildman–Crippen LogP) is 0.879. The van der Waals surface area contributed by atoms with Crippen molar-refractivity contribution in [3.05, 3.63) is 18.1 Å². The van der Waals surface area contributed by atoms with Crippen LogP contribution in [0.15, 0.2) is 12.4 Å². The number of hydrogen-bond acceptors (Lipinski definition) is 5. The molecule has 5 heteroatoms. The second-order valence-electron chi connectivity index (χ2n) is 4.30. The van der Waals surface area contributed by atoms with Crippen LogP contribution in [0.4, 0.5) is 5.82 Å². The molecule has 1 aliphatic rings. The van der Waals surface area contributed by atoms with Gasteiger partial charge in [0, 0.05) is 25.7 Å². The molecule has 0 radical (unpaired) electrons. The van der Waals surface area contributed by atoms with Crippen LogP contribution in [0, 0.1) is 11.3 Å². The summed E-state index contributed by atoms with van der Waals surface area (Å²) in [6, 6.07) is 2.52. The highest BCUT2D eigenvalue weighted by Gasteiger charge is 2.23. The van der Waals surface area contributed by atoms with Crippen molar-refractivity contribution in [3.63, 3.8) is 0 Å². The highest BCUT2D eigenvalue weighted by atomic mass is 15.3. The summed E-state index contributed by atoms with van der Waals surface area (Å²) in [7, 11) is 0. The molecule has 0 bridgehead atoms. The minimum Gasteiger partial charge on any atom is -0.353 e. The number of rotatable bonds is 2. The highest BCUT2D eigenvalue weighted by molar-refractivity contribution is 5.38. The van der Waals surface area contributed by atoms with Crippen LogP contribution in [0.2, 0.25) is 0 Å². The molecular weight excluding hydrogens is 214 g/mol. The van der Waals surface area contributed by atoms with Gasteiger partial charge in [-0.3, -0.25) is 4.90 Å². The van der Waals surface area contributed by atoms with Gasteiger partial charge in [0.25, 0.3) is 0 Å². The lowest BCUT2D eigenvalue weighted by molar-refractivity contribution is 0.199. The van der Waals surface area contributed by atoms with Gasteiger partial charge in [0.1, 0.15) is 11.9 Å². The normalized spacial score (nSPS) is 21.2. The number of nitrogens with zero attached hydrogens (tertiary/aromatic N) is 5. The van der Waals surface area contributed by atoms with Crippen molar-refractivity contribution < 1.29 is 0 Å². The first-order valence-electron chi connectivity index (χ1n) is 5.95. The van der Waals surface area contributed by atoms with E-state index in [1.165, 1.54) is 6.20 Å². The standard InChI is InChI=1S/C12H17N5/c1-3-16-4-5-17(9-10(16)2)12-8-14-11(6-13)7-15-12/h7-8,10H,3-5,9H2,1-2H3. The van der Waals surface area contributed by atoms with E-state index in [0.29, 0.717) is 11.7 Å². The Morgan fingerprint density at radius 2 is 2.24 bits per heavy atom. The Balaban J connectivity index is 2.06. The molecule has 2 rings (SSSR count). The third-order valence-corrected chi connectivity index (χ3v) is 3.25. The smallest absolute Gasteiger partial charge is 0.158 e. The quantitative estimate of drug-likeness (QED) is 0.756. The number of hydrogen-bond donors (Lipinski definition) is 0. The van der Waals surface area contributed by atoms with Crippen molar-refractivity contribution in [2.75, 3.05) is 31.1 Å². The largest absolute Gasteiger partial charge is 0.353 e. The van der Waals surface area contributed by atoms with Crippen molar-refractivity contribution in [1.29, 1.82) is 5.26 Å². The molecule has 90 valence electrons. The van der Waals surface area contributed by atoms with Crippen LogP contribution in [0.25, 0.3) is 0 Å². The third-order valence-electron chi connectivity index (χ3n) is 3.25. The molecular formula is C12H17N5. The lowest BCUT2D eigenvalue weighted by Crippen LogP contribution is -2.52. The molecule has 5 nitrogen and oxygen atoms in total. The average molecular weight is 231 g/mol. The van der Waals surface area contributed by atoms with Crippen molar-refractivity contribution >= 4 is 5.82 Å². The van der Waals surface area contributed by atoms with Crippen LogP contribution in [-0.2, 0) is 0 Å². The molecule has 0 saturated carbocycles. The molecule has 1 atom stereocenters. The fraction of sp³-hybridized carbons (Fsp3) is 0.583. The molecule has 1 fully saturated rings. The molecule has 0 aliphatic carbocycles. The van der Waals surface area contributed by atoms with Gasteiger partial charge in [0.2, 0.25) is 0 Å². The maximum absolute atomic E-state index is 8.67. The predicted molar refractivity (Wildman–Crippen MR) is 65.7 cm³/mol. The van der Waals surface area contributed by atoms with Gasteiger partial charge in [-0.25, -0.2) is 9.97 Å². The fourth-order valence-electron chi connectivity index (χ4n) is 2.22. The highest BCUT2D eigenvalue weighted by Crippen LogP contribution is 2.15. The Morgan fingerprint density at radius 3 is 2.76 bits per heavy atom. The SMILES string of the molecule is CCN1CCN(c2cnc(C#N)cn2)CC1C. The molecule has 0 aromatic carbocycles. The van der Waals surface area contributed by atoms with Crippen LogP contribution >= 0.6 is 0 Å². The Labute approximate surface area is 102 Å². The Bertz CT molecular complexity index is 408.